The molecule has 0 aliphatic heterocycles. The molecule has 0 aliphatic rings. The number of rotatable bonds is 3. The maximum atomic E-state index is 11.4. The zero-order valence-corrected chi connectivity index (χ0v) is 12.1. The van der Waals surface area contributed by atoms with E-state index in [0.29, 0.717) is 10.6 Å². The summed E-state index contributed by atoms with van der Waals surface area (Å²) in [5, 5.41) is 9.90. The normalized spacial score (nSPS) is 11.4. The van der Waals surface area contributed by atoms with Crippen molar-refractivity contribution in [3.63, 3.8) is 0 Å². The highest BCUT2D eigenvalue weighted by Crippen LogP contribution is 2.26. The molecule has 0 saturated carbocycles. The van der Waals surface area contributed by atoms with E-state index in [4.69, 9.17) is 11.6 Å². The molecule has 0 aliphatic carbocycles. The van der Waals surface area contributed by atoms with E-state index in [0.717, 1.165) is 10.0 Å². The maximum absolute atomic E-state index is 11.4. The third-order valence-corrected chi connectivity index (χ3v) is 3.78. The monoisotopic (exact) mass is 336 g/mol. The van der Waals surface area contributed by atoms with E-state index in [1.165, 1.54) is 0 Å². The van der Waals surface area contributed by atoms with Gasteiger partial charge in [0.25, 0.3) is 0 Å². The van der Waals surface area contributed by atoms with E-state index in [9.17, 15) is 9.90 Å². The molecule has 0 spiro atoms. The van der Waals surface area contributed by atoms with Crippen LogP contribution in [0.25, 0.3) is 11.6 Å². The predicted molar refractivity (Wildman–Crippen MR) is 81.1 cm³/mol. The summed E-state index contributed by atoms with van der Waals surface area (Å²) in [7, 11) is 0. The molecule has 2 aromatic rings. The largest absolute Gasteiger partial charge is 0.478 e. The van der Waals surface area contributed by atoms with Crippen LogP contribution in [0.3, 0.4) is 0 Å². The molecule has 0 saturated heterocycles. The first-order valence-corrected chi connectivity index (χ1v) is 6.70. The summed E-state index contributed by atoms with van der Waals surface area (Å²) in [5.41, 5.74) is 1.69. The van der Waals surface area contributed by atoms with Crippen molar-refractivity contribution >= 4 is 45.1 Å². The molecule has 1 N–H and O–H groups in total. The Kier molecular flexibility index (Phi) is 4.40. The molecule has 19 heavy (non-hydrogen) atoms. The number of halogens is 2. The lowest BCUT2D eigenvalue weighted by atomic mass is 10.0. The number of carboxylic acid groups (broad SMARTS) is 1. The molecule has 4 heteroatoms. The number of hydrogen-bond donors (Lipinski definition) is 1. The Bertz CT molecular complexity index is 636. The fraction of sp³-hybridized carbons (Fsp3) is 0. The van der Waals surface area contributed by atoms with Crippen LogP contribution in [0, 0.1) is 0 Å². The molecule has 0 aromatic heterocycles. The van der Waals surface area contributed by atoms with Crippen molar-refractivity contribution in [2.75, 3.05) is 0 Å². The van der Waals surface area contributed by atoms with Gasteiger partial charge in [-0.15, -0.1) is 0 Å². The summed E-state index contributed by atoms with van der Waals surface area (Å²) < 4.78 is 0.737. The fourth-order valence-corrected chi connectivity index (χ4v) is 2.17. The highest BCUT2D eigenvalue weighted by atomic mass is 79.9. The zero-order valence-electron chi connectivity index (χ0n) is 9.81. The fourth-order valence-electron chi connectivity index (χ4n) is 1.66. The van der Waals surface area contributed by atoms with E-state index >= 15 is 0 Å². The lowest BCUT2D eigenvalue weighted by Gasteiger charge is -2.04. The summed E-state index contributed by atoms with van der Waals surface area (Å²) in [6.45, 7) is 0. The number of carbonyl (C=O) groups is 1. The van der Waals surface area contributed by atoms with Crippen molar-refractivity contribution in [3.05, 3.63) is 69.2 Å². The SMILES string of the molecule is O=C(O)/C(=C/c1ccc(Cl)c(Br)c1)c1ccccc1. The Morgan fingerprint density at radius 2 is 1.84 bits per heavy atom. The third-order valence-electron chi connectivity index (χ3n) is 2.57. The van der Waals surface area contributed by atoms with Crippen molar-refractivity contribution in [1.82, 2.24) is 0 Å². The maximum Gasteiger partial charge on any atom is 0.336 e. The zero-order chi connectivity index (χ0) is 13.8. The van der Waals surface area contributed by atoms with Gasteiger partial charge in [-0.05, 0) is 45.3 Å². The molecule has 2 aromatic carbocycles. The second-order valence-electron chi connectivity index (χ2n) is 3.90. The van der Waals surface area contributed by atoms with Crippen LogP contribution in [0.4, 0.5) is 0 Å². The van der Waals surface area contributed by atoms with Crippen LogP contribution in [-0.2, 0) is 4.79 Å². The standard InChI is InChI=1S/C15H10BrClO2/c16-13-9-10(6-7-14(13)17)8-12(15(18)19)11-4-2-1-3-5-11/h1-9H,(H,18,19)/b12-8+. The van der Waals surface area contributed by atoms with Gasteiger partial charge in [-0.2, -0.15) is 0 Å². The molecule has 2 nitrogen and oxygen atoms in total. The second kappa shape index (κ2) is 6.04. The molecule has 2 rings (SSSR count). The van der Waals surface area contributed by atoms with Crippen LogP contribution in [-0.4, -0.2) is 11.1 Å². The minimum absolute atomic E-state index is 0.245. The summed E-state index contributed by atoms with van der Waals surface area (Å²) in [6, 6.07) is 14.3. The Morgan fingerprint density at radius 1 is 1.16 bits per heavy atom. The highest BCUT2D eigenvalue weighted by molar-refractivity contribution is 9.10. The number of aliphatic carboxylic acids is 1. The molecular formula is C15H10BrClO2. The number of carboxylic acids is 1. The van der Waals surface area contributed by atoms with Gasteiger partial charge in [-0.3, -0.25) is 0 Å². The van der Waals surface area contributed by atoms with E-state index in [1.54, 1.807) is 36.4 Å². The predicted octanol–water partition coefficient (Wildman–Crippen LogP) is 4.73. The van der Waals surface area contributed by atoms with E-state index in [1.807, 2.05) is 18.2 Å². The van der Waals surface area contributed by atoms with Crippen molar-refractivity contribution in [3.8, 4) is 0 Å². The molecule has 0 atom stereocenters. The smallest absolute Gasteiger partial charge is 0.336 e. The van der Waals surface area contributed by atoms with Crippen molar-refractivity contribution in [2.45, 2.75) is 0 Å². The minimum Gasteiger partial charge on any atom is -0.478 e. The minimum atomic E-state index is -0.961. The number of benzene rings is 2. The van der Waals surface area contributed by atoms with Gasteiger partial charge in [-0.1, -0.05) is 48.0 Å². The van der Waals surface area contributed by atoms with Gasteiger partial charge in [0.05, 0.1) is 10.6 Å². The van der Waals surface area contributed by atoms with Gasteiger partial charge in [0.1, 0.15) is 0 Å². The first-order chi connectivity index (χ1) is 9.08. The highest BCUT2D eigenvalue weighted by Gasteiger charge is 2.10. The van der Waals surface area contributed by atoms with Crippen LogP contribution in [0.5, 0.6) is 0 Å². The van der Waals surface area contributed by atoms with Gasteiger partial charge in [0.15, 0.2) is 0 Å². The van der Waals surface area contributed by atoms with Gasteiger partial charge < -0.3 is 5.11 Å². The quantitative estimate of drug-likeness (QED) is 0.649. The van der Waals surface area contributed by atoms with Crippen LogP contribution >= 0.6 is 27.5 Å². The van der Waals surface area contributed by atoms with Gasteiger partial charge in [-0.25, -0.2) is 4.79 Å². The second-order valence-corrected chi connectivity index (χ2v) is 5.16. The summed E-state index contributed by atoms with van der Waals surface area (Å²) in [4.78, 5) is 11.4. The Morgan fingerprint density at radius 3 is 2.42 bits per heavy atom. The van der Waals surface area contributed by atoms with E-state index < -0.39 is 5.97 Å². The van der Waals surface area contributed by atoms with E-state index in [-0.39, 0.29) is 5.57 Å². The first-order valence-electron chi connectivity index (χ1n) is 5.53. The molecule has 0 heterocycles. The van der Waals surface area contributed by atoms with Gasteiger partial charge >= 0.3 is 5.97 Å². The molecule has 0 bridgehead atoms. The molecular weight excluding hydrogens is 328 g/mol. The summed E-state index contributed by atoms with van der Waals surface area (Å²) in [6.07, 6.45) is 1.62. The summed E-state index contributed by atoms with van der Waals surface area (Å²) >= 11 is 9.23. The van der Waals surface area contributed by atoms with Gasteiger partial charge in [0.2, 0.25) is 0 Å². The Hall–Kier alpha value is -1.58. The lowest BCUT2D eigenvalue weighted by Crippen LogP contribution is -1.99. The Balaban J connectivity index is 2.47. The first kappa shape index (κ1) is 13.8. The molecule has 0 unspecified atom stereocenters. The molecule has 0 radical (unpaired) electrons. The van der Waals surface area contributed by atoms with Crippen molar-refractivity contribution < 1.29 is 9.90 Å². The Labute approximate surface area is 124 Å². The average Bonchev–Trinajstić information content (AvgIpc) is 2.40. The lowest BCUT2D eigenvalue weighted by molar-refractivity contribution is -0.130. The van der Waals surface area contributed by atoms with Crippen molar-refractivity contribution in [2.24, 2.45) is 0 Å². The van der Waals surface area contributed by atoms with Crippen LogP contribution in [0.2, 0.25) is 5.02 Å². The summed E-state index contributed by atoms with van der Waals surface area (Å²) in [5.74, 6) is -0.961. The molecule has 0 amide bonds. The van der Waals surface area contributed by atoms with Gasteiger partial charge in [0, 0.05) is 4.47 Å². The molecule has 96 valence electrons. The van der Waals surface area contributed by atoms with Crippen LogP contribution < -0.4 is 0 Å². The third kappa shape index (κ3) is 3.46. The van der Waals surface area contributed by atoms with Crippen LogP contribution in [0.15, 0.2) is 53.0 Å². The average molecular weight is 338 g/mol. The van der Waals surface area contributed by atoms with E-state index in [2.05, 4.69) is 15.9 Å². The van der Waals surface area contributed by atoms with Crippen molar-refractivity contribution in [1.29, 1.82) is 0 Å². The van der Waals surface area contributed by atoms with Crippen LogP contribution in [0.1, 0.15) is 11.1 Å². The molecule has 0 fully saturated rings. The number of hydrogen-bond acceptors (Lipinski definition) is 1. The topological polar surface area (TPSA) is 37.3 Å².